The van der Waals surface area contributed by atoms with Gasteiger partial charge in [-0.25, -0.2) is 4.79 Å². The number of carbonyl (C=O) groups is 3. The SMILES string of the molecule is C[C@@H](O)[C@H]1C(=O)N2C(C(=O)O)=C(S[C@@H]3CN[C@H](/C=C/C(=O)N(C)C)C3)[C@H](C)[C@H]12. The number of fused-ring (bicyclic) bond motifs is 1. The van der Waals surface area contributed by atoms with Crippen molar-refractivity contribution in [1.29, 1.82) is 0 Å². The lowest BCUT2D eigenvalue weighted by atomic mass is 9.79. The lowest BCUT2D eigenvalue weighted by Gasteiger charge is -2.46. The van der Waals surface area contributed by atoms with Crippen LogP contribution in [0.25, 0.3) is 0 Å². The van der Waals surface area contributed by atoms with E-state index in [1.54, 1.807) is 27.1 Å². The van der Waals surface area contributed by atoms with Gasteiger partial charge in [-0.3, -0.25) is 9.59 Å². The molecule has 3 aliphatic heterocycles. The molecule has 3 rings (SSSR count). The maximum absolute atomic E-state index is 12.4. The third-order valence-corrected chi connectivity index (χ3v) is 7.15. The molecule has 0 saturated carbocycles. The second-order valence-corrected chi connectivity index (χ2v) is 9.20. The number of nitrogens with one attached hydrogen (secondary N) is 1. The minimum atomic E-state index is -1.10. The topological polar surface area (TPSA) is 110 Å². The number of carboxylic acid groups (broad SMARTS) is 1. The molecule has 0 unspecified atom stereocenters. The van der Waals surface area contributed by atoms with Crippen molar-refractivity contribution < 1.29 is 24.6 Å². The second-order valence-electron chi connectivity index (χ2n) is 7.85. The maximum atomic E-state index is 12.4. The van der Waals surface area contributed by atoms with Crippen molar-refractivity contribution in [3.63, 3.8) is 0 Å². The summed E-state index contributed by atoms with van der Waals surface area (Å²) in [5.41, 5.74) is 0.0613. The molecular weight excluding hydrogens is 382 g/mol. The van der Waals surface area contributed by atoms with Crippen LogP contribution in [-0.2, 0) is 14.4 Å². The number of aliphatic hydroxyl groups excluding tert-OH is 1. The highest BCUT2D eigenvalue weighted by Crippen LogP contribution is 2.51. The van der Waals surface area contributed by atoms with E-state index in [4.69, 9.17) is 0 Å². The molecule has 2 saturated heterocycles. The van der Waals surface area contributed by atoms with Gasteiger partial charge in [0, 0.05) is 48.8 Å². The fraction of sp³-hybridized carbons (Fsp3) is 0.632. The van der Waals surface area contributed by atoms with E-state index in [1.165, 1.54) is 21.6 Å². The van der Waals surface area contributed by atoms with Gasteiger partial charge in [-0.15, -0.1) is 11.8 Å². The Morgan fingerprint density at radius 1 is 1.39 bits per heavy atom. The quantitative estimate of drug-likeness (QED) is 0.426. The Bertz CT molecular complexity index is 748. The zero-order valence-corrected chi connectivity index (χ0v) is 17.3. The molecule has 0 aromatic carbocycles. The predicted octanol–water partition coefficient (Wildman–Crippen LogP) is 0.248. The molecule has 3 N–H and O–H groups in total. The van der Waals surface area contributed by atoms with E-state index >= 15 is 0 Å². The van der Waals surface area contributed by atoms with Crippen LogP contribution in [-0.4, -0.2) is 81.9 Å². The Morgan fingerprint density at radius 3 is 2.64 bits per heavy atom. The van der Waals surface area contributed by atoms with Crippen LogP contribution in [0.4, 0.5) is 0 Å². The van der Waals surface area contributed by atoms with Crippen LogP contribution in [0.2, 0.25) is 0 Å². The van der Waals surface area contributed by atoms with Gasteiger partial charge >= 0.3 is 5.97 Å². The van der Waals surface area contributed by atoms with E-state index in [0.29, 0.717) is 11.4 Å². The molecule has 0 bridgehead atoms. The van der Waals surface area contributed by atoms with Crippen molar-refractivity contribution in [2.45, 2.75) is 43.7 Å². The lowest BCUT2D eigenvalue weighted by Crippen LogP contribution is -2.63. The molecule has 9 heteroatoms. The molecular formula is C19H27N3O5S. The number of likely N-dealkylation sites (N-methyl/N-ethyl adjacent to an activating group) is 1. The highest BCUT2D eigenvalue weighted by molar-refractivity contribution is 8.03. The number of amides is 2. The third kappa shape index (κ3) is 3.58. The first-order chi connectivity index (χ1) is 13.1. The van der Waals surface area contributed by atoms with Crippen molar-refractivity contribution in [1.82, 2.24) is 15.1 Å². The number of hydrogen-bond donors (Lipinski definition) is 3. The van der Waals surface area contributed by atoms with Crippen LogP contribution < -0.4 is 5.32 Å². The van der Waals surface area contributed by atoms with Crippen molar-refractivity contribution in [3.8, 4) is 0 Å². The second kappa shape index (κ2) is 7.88. The van der Waals surface area contributed by atoms with Gasteiger partial charge in [0.2, 0.25) is 11.8 Å². The summed E-state index contributed by atoms with van der Waals surface area (Å²) in [4.78, 5) is 39.5. The van der Waals surface area contributed by atoms with Gasteiger partial charge in [0.25, 0.3) is 0 Å². The number of carbonyl (C=O) groups excluding carboxylic acids is 2. The number of rotatable bonds is 6. The Kier molecular flexibility index (Phi) is 5.88. The van der Waals surface area contributed by atoms with Gasteiger partial charge < -0.3 is 25.3 Å². The average molecular weight is 410 g/mol. The number of aliphatic carboxylic acids is 1. The molecule has 0 radical (unpaired) electrons. The smallest absolute Gasteiger partial charge is 0.353 e. The first-order valence-corrected chi connectivity index (χ1v) is 10.3. The van der Waals surface area contributed by atoms with Crippen molar-refractivity contribution >= 4 is 29.5 Å². The fourth-order valence-corrected chi connectivity index (χ4v) is 5.67. The van der Waals surface area contributed by atoms with E-state index in [9.17, 15) is 24.6 Å². The summed E-state index contributed by atoms with van der Waals surface area (Å²) >= 11 is 1.50. The summed E-state index contributed by atoms with van der Waals surface area (Å²) < 4.78 is 0. The van der Waals surface area contributed by atoms with E-state index in [0.717, 1.165) is 6.42 Å². The van der Waals surface area contributed by atoms with Gasteiger partial charge in [0.15, 0.2) is 0 Å². The number of β-lactam (4-membered cyclic amide) rings is 1. The standard InChI is InChI=1S/C19H27N3O5S/c1-9-15-14(10(2)23)18(25)22(15)16(19(26)27)17(9)28-12-7-11(20-8-12)5-6-13(24)21(3)4/h5-6,9-12,14-15,20,23H,7-8H2,1-4H3,(H,26,27)/b6-5+/t9-,10-,11-,12+,14-,15-/m1/s1. The van der Waals surface area contributed by atoms with Crippen LogP contribution in [0.3, 0.4) is 0 Å². The number of nitrogens with zero attached hydrogens (tertiary/aromatic N) is 2. The monoisotopic (exact) mass is 409 g/mol. The van der Waals surface area contributed by atoms with Crippen LogP contribution in [0.5, 0.6) is 0 Å². The first kappa shape index (κ1) is 20.9. The number of hydrogen-bond acceptors (Lipinski definition) is 6. The molecule has 6 atom stereocenters. The fourth-order valence-electron chi connectivity index (χ4n) is 4.17. The Labute approximate surface area is 168 Å². The van der Waals surface area contributed by atoms with Crippen molar-refractivity contribution in [2.75, 3.05) is 20.6 Å². The lowest BCUT2D eigenvalue weighted by molar-refractivity contribution is -0.163. The molecule has 0 aliphatic carbocycles. The molecule has 2 amide bonds. The van der Waals surface area contributed by atoms with Crippen LogP contribution in [0, 0.1) is 11.8 Å². The summed E-state index contributed by atoms with van der Waals surface area (Å²) in [7, 11) is 3.39. The molecule has 0 aromatic heterocycles. The summed E-state index contributed by atoms with van der Waals surface area (Å²) in [6.07, 6.45) is 3.35. The summed E-state index contributed by atoms with van der Waals surface area (Å²) in [6, 6.07) is -0.236. The van der Waals surface area contributed by atoms with Gasteiger partial charge in [-0.05, 0) is 13.3 Å². The van der Waals surface area contributed by atoms with Crippen molar-refractivity contribution in [3.05, 3.63) is 22.8 Å². The zero-order chi connectivity index (χ0) is 20.7. The third-order valence-electron chi connectivity index (χ3n) is 5.64. The molecule has 0 spiro atoms. The Balaban J connectivity index is 1.71. The number of aliphatic hydroxyl groups is 1. The normalized spacial score (nSPS) is 33.2. The minimum absolute atomic E-state index is 0.0517. The van der Waals surface area contributed by atoms with Gasteiger partial charge in [-0.1, -0.05) is 13.0 Å². The van der Waals surface area contributed by atoms with Crippen LogP contribution in [0.15, 0.2) is 22.8 Å². The molecule has 3 aliphatic rings. The zero-order valence-electron chi connectivity index (χ0n) is 16.5. The summed E-state index contributed by atoms with van der Waals surface area (Å²) in [6.45, 7) is 4.19. The number of carboxylic acids is 1. The minimum Gasteiger partial charge on any atom is -0.477 e. The van der Waals surface area contributed by atoms with E-state index in [1.807, 2.05) is 13.0 Å². The molecule has 2 fully saturated rings. The van der Waals surface area contributed by atoms with Gasteiger partial charge in [-0.2, -0.15) is 0 Å². The first-order valence-electron chi connectivity index (χ1n) is 9.41. The molecule has 0 aromatic rings. The summed E-state index contributed by atoms with van der Waals surface area (Å²) in [5, 5.41) is 23.1. The Morgan fingerprint density at radius 2 is 2.07 bits per heavy atom. The van der Waals surface area contributed by atoms with E-state index < -0.39 is 18.0 Å². The highest BCUT2D eigenvalue weighted by Gasteiger charge is 2.60. The van der Waals surface area contributed by atoms with Gasteiger partial charge in [0.05, 0.1) is 18.1 Å². The van der Waals surface area contributed by atoms with Crippen LogP contribution in [0.1, 0.15) is 20.3 Å². The Hall–Kier alpha value is -1.84. The van der Waals surface area contributed by atoms with E-state index in [-0.39, 0.29) is 40.8 Å². The van der Waals surface area contributed by atoms with Crippen molar-refractivity contribution in [2.24, 2.45) is 11.8 Å². The number of thioether (sulfide) groups is 1. The van der Waals surface area contributed by atoms with Crippen LogP contribution >= 0.6 is 11.8 Å². The molecule has 3 heterocycles. The van der Waals surface area contributed by atoms with Gasteiger partial charge in [0.1, 0.15) is 5.70 Å². The van der Waals surface area contributed by atoms with E-state index in [2.05, 4.69) is 5.32 Å². The highest BCUT2D eigenvalue weighted by atomic mass is 32.2. The molecule has 154 valence electrons. The maximum Gasteiger partial charge on any atom is 0.353 e. The average Bonchev–Trinajstić information content (AvgIpc) is 3.14. The predicted molar refractivity (Wildman–Crippen MR) is 105 cm³/mol. The largest absolute Gasteiger partial charge is 0.477 e. The summed E-state index contributed by atoms with van der Waals surface area (Å²) in [5.74, 6) is -2.17. The molecule has 8 nitrogen and oxygen atoms in total. The molecule has 28 heavy (non-hydrogen) atoms.